The summed E-state index contributed by atoms with van der Waals surface area (Å²) in [5.41, 5.74) is 0. The van der Waals surface area contributed by atoms with Gasteiger partial charge in [0.25, 0.3) is 0 Å². The minimum Gasteiger partial charge on any atom is -0.465 e. The Morgan fingerprint density at radius 3 is 1.74 bits per heavy atom. The zero-order chi connectivity index (χ0) is 20.8. The van der Waals surface area contributed by atoms with E-state index in [-0.39, 0.29) is 19.8 Å². The van der Waals surface area contributed by atoms with Crippen LogP contribution in [0.4, 0.5) is 4.79 Å². The highest BCUT2D eigenvalue weighted by Gasteiger charge is 2.05. The number of carboxylic acid groups (broad SMARTS) is 1. The molecule has 27 heavy (non-hydrogen) atoms. The molecule has 0 aromatic heterocycles. The van der Waals surface area contributed by atoms with Gasteiger partial charge in [0.1, 0.15) is 0 Å². The van der Waals surface area contributed by atoms with E-state index in [4.69, 9.17) is 15.3 Å². The Morgan fingerprint density at radius 1 is 0.778 bits per heavy atom. The zero-order valence-electron chi connectivity index (χ0n) is 17.7. The van der Waals surface area contributed by atoms with Crippen LogP contribution in [0.15, 0.2) is 0 Å². The van der Waals surface area contributed by atoms with Crippen molar-refractivity contribution in [2.45, 2.75) is 103 Å². The average Bonchev–Trinajstić information content (AvgIpc) is 2.63. The van der Waals surface area contributed by atoms with Gasteiger partial charge in [0, 0.05) is 19.8 Å². The number of amides is 1. The van der Waals surface area contributed by atoms with Gasteiger partial charge < -0.3 is 25.7 Å². The van der Waals surface area contributed by atoms with Crippen molar-refractivity contribution >= 4 is 6.09 Å². The highest BCUT2D eigenvalue weighted by Crippen LogP contribution is 2.14. The van der Waals surface area contributed by atoms with Crippen LogP contribution >= 0.6 is 0 Å². The lowest BCUT2D eigenvalue weighted by molar-refractivity contribution is 0.147. The van der Waals surface area contributed by atoms with E-state index in [2.05, 4.69) is 19.2 Å². The van der Waals surface area contributed by atoms with E-state index in [1.54, 1.807) is 0 Å². The molecule has 6 heteroatoms. The predicted molar refractivity (Wildman–Crippen MR) is 111 cm³/mol. The van der Waals surface area contributed by atoms with Crippen LogP contribution < -0.4 is 5.32 Å². The van der Waals surface area contributed by atoms with Crippen LogP contribution in [0.25, 0.3) is 0 Å². The van der Waals surface area contributed by atoms with Gasteiger partial charge in [-0.15, -0.1) is 0 Å². The maximum atomic E-state index is 10.2. The van der Waals surface area contributed by atoms with Crippen molar-refractivity contribution in [3.05, 3.63) is 0 Å². The number of unbranched alkanes of at least 4 members (excludes halogenated alkanes) is 7. The standard InChI is InChI=1S/C13H27NO3.C8H18O2/c1-2-3-4-5-6-7-8-9-10-12(15)11-14-13(16)17;1-2-3-8(4-6-9)5-7-10/h12,14-15H,2-11H2,1H3,(H,16,17);8-10H,2-7H2,1H3. The maximum absolute atomic E-state index is 10.2. The SMILES string of the molecule is CCCC(CCO)CCO.CCCCCCCCCCC(O)CNC(=O)O. The van der Waals surface area contributed by atoms with Crippen molar-refractivity contribution in [3.8, 4) is 0 Å². The summed E-state index contributed by atoms with van der Waals surface area (Å²) in [5.74, 6) is 0.528. The first-order valence-corrected chi connectivity index (χ1v) is 10.9. The van der Waals surface area contributed by atoms with E-state index >= 15 is 0 Å². The molecule has 1 unspecified atom stereocenters. The Kier molecular flexibility index (Phi) is 24.4. The second-order valence-electron chi connectivity index (χ2n) is 7.28. The molecule has 0 fully saturated rings. The predicted octanol–water partition coefficient (Wildman–Crippen LogP) is 4.31. The summed E-state index contributed by atoms with van der Waals surface area (Å²) >= 11 is 0. The summed E-state index contributed by atoms with van der Waals surface area (Å²) in [4.78, 5) is 10.2. The van der Waals surface area contributed by atoms with Gasteiger partial charge in [0.05, 0.1) is 6.10 Å². The second kappa shape index (κ2) is 23.2. The van der Waals surface area contributed by atoms with Crippen molar-refractivity contribution in [3.63, 3.8) is 0 Å². The quantitative estimate of drug-likeness (QED) is 0.237. The first-order chi connectivity index (χ1) is 13.0. The van der Waals surface area contributed by atoms with Crippen LogP contribution in [0.3, 0.4) is 0 Å². The molecule has 1 amide bonds. The molecule has 0 rings (SSSR count). The molecule has 0 spiro atoms. The summed E-state index contributed by atoms with van der Waals surface area (Å²) in [6, 6.07) is 0. The number of aliphatic hydroxyl groups excluding tert-OH is 3. The highest BCUT2D eigenvalue weighted by molar-refractivity contribution is 5.64. The average molecular weight is 392 g/mol. The molecule has 164 valence electrons. The van der Waals surface area contributed by atoms with Gasteiger partial charge >= 0.3 is 6.09 Å². The van der Waals surface area contributed by atoms with Gasteiger partial charge in [-0.1, -0.05) is 78.1 Å². The first kappa shape index (κ1) is 28.4. The smallest absolute Gasteiger partial charge is 0.404 e. The van der Waals surface area contributed by atoms with E-state index in [9.17, 15) is 9.90 Å². The van der Waals surface area contributed by atoms with Crippen LogP contribution in [0.5, 0.6) is 0 Å². The van der Waals surface area contributed by atoms with E-state index in [1.807, 2.05) is 0 Å². The third kappa shape index (κ3) is 25.2. The van der Waals surface area contributed by atoms with Gasteiger partial charge in [-0.05, 0) is 25.2 Å². The largest absolute Gasteiger partial charge is 0.465 e. The lowest BCUT2D eigenvalue weighted by Gasteiger charge is -2.11. The van der Waals surface area contributed by atoms with Crippen LogP contribution in [-0.2, 0) is 0 Å². The van der Waals surface area contributed by atoms with Crippen LogP contribution in [-0.4, -0.2) is 52.4 Å². The molecule has 0 aliphatic heterocycles. The summed E-state index contributed by atoms with van der Waals surface area (Å²) < 4.78 is 0. The van der Waals surface area contributed by atoms with Gasteiger partial charge in [0.15, 0.2) is 0 Å². The highest BCUT2D eigenvalue weighted by atomic mass is 16.4. The van der Waals surface area contributed by atoms with Crippen LogP contribution in [0.1, 0.15) is 97.3 Å². The van der Waals surface area contributed by atoms with Gasteiger partial charge in [0.2, 0.25) is 0 Å². The van der Waals surface area contributed by atoms with Crippen LogP contribution in [0.2, 0.25) is 0 Å². The van der Waals surface area contributed by atoms with Crippen LogP contribution in [0, 0.1) is 5.92 Å². The minimum absolute atomic E-state index is 0.145. The molecule has 0 heterocycles. The lowest BCUT2D eigenvalue weighted by atomic mass is 9.97. The topological polar surface area (TPSA) is 110 Å². The van der Waals surface area contributed by atoms with Crippen molar-refractivity contribution < 1.29 is 25.2 Å². The Labute approximate surface area is 166 Å². The third-order valence-corrected chi connectivity index (χ3v) is 4.65. The Balaban J connectivity index is 0. The fraction of sp³-hybridized carbons (Fsp3) is 0.952. The molecule has 0 aromatic rings. The summed E-state index contributed by atoms with van der Waals surface area (Å²) in [6.07, 6.45) is 12.9. The summed E-state index contributed by atoms with van der Waals surface area (Å²) in [7, 11) is 0. The van der Waals surface area contributed by atoms with Gasteiger partial charge in [-0.25, -0.2) is 4.79 Å². The zero-order valence-corrected chi connectivity index (χ0v) is 17.7. The van der Waals surface area contributed by atoms with Crippen molar-refractivity contribution in [1.29, 1.82) is 0 Å². The van der Waals surface area contributed by atoms with E-state index in [0.29, 0.717) is 12.3 Å². The molecule has 0 bridgehead atoms. The molecule has 0 aliphatic rings. The van der Waals surface area contributed by atoms with E-state index < -0.39 is 12.2 Å². The molecule has 0 saturated carbocycles. The number of hydrogen-bond donors (Lipinski definition) is 5. The fourth-order valence-electron chi connectivity index (χ4n) is 3.03. The first-order valence-electron chi connectivity index (χ1n) is 10.9. The molecular formula is C21H45NO5. The minimum atomic E-state index is -1.07. The number of carbonyl (C=O) groups is 1. The second-order valence-corrected chi connectivity index (χ2v) is 7.28. The van der Waals surface area contributed by atoms with E-state index in [1.165, 1.54) is 38.5 Å². The Morgan fingerprint density at radius 2 is 1.30 bits per heavy atom. The lowest BCUT2D eigenvalue weighted by Crippen LogP contribution is -2.30. The van der Waals surface area contributed by atoms with Gasteiger partial charge in [-0.2, -0.15) is 0 Å². The maximum Gasteiger partial charge on any atom is 0.404 e. The molecule has 0 aliphatic carbocycles. The van der Waals surface area contributed by atoms with Gasteiger partial charge in [-0.3, -0.25) is 0 Å². The molecule has 0 radical (unpaired) electrons. The van der Waals surface area contributed by atoms with E-state index in [0.717, 1.165) is 38.5 Å². The monoisotopic (exact) mass is 391 g/mol. The molecule has 5 N–H and O–H groups in total. The molecule has 6 nitrogen and oxygen atoms in total. The number of hydrogen-bond acceptors (Lipinski definition) is 4. The number of rotatable bonds is 17. The summed E-state index contributed by atoms with van der Waals surface area (Å²) in [5, 5.41) is 37.2. The number of aliphatic hydroxyl groups is 3. The van der Waals surface area contributed by atoms with Crippen molar-refractivity contribution in [2.75, 3.05) is 19.8 Å². The Bertz CT molecular complexity index is 288. The molecule has 1 atom stereocenters. The molecule has 0 aromatic carbocycles. The van der Waals surface area contributed by atoms with Crippen molar-refractivity contribution in [2.24, 2.45) is 5.92 Å². The summed E-state index contributed by atoms with van der Waals surface area (Å²) in [6.45, 7) is 5.00. The fourth-order valence-corrected chi connectivity index (χ4v) is 3.03. The molecule has 0 saturated heterocycles. The van der Waals surface area contributed by atoms with Crippen molar-refractivity contribution in [1.82, 2.24) is 5.32 Å². The normalized spacial score (nSPS) is 11.8. The third-order valence-electron chi connectivity index (χ3n) is 4.65. The Hall–Kier alpha value is -0.850. The molecular weight excluding hydrogens is 346 g/mol. The number of nitrogens with one attached hydrogen (secondary N) is 1.